The number of alkyl halides is 1. The highest BCUT2D eigenvalue weighted by Gasteiger charge is 2.46. The zero-order chi connectivity index (χ0) is 28.5. The number of aromatic nitrogens is 1. The molecular weight excluding hydrogens is 564 g/mol. The number of nitrogens with one attached hydrogen (secondary N) is 4. The van der Waals surface area contributed by atoms with Gasteiger partial charge in [-0.1, -0.05) is 0 Å². The number of carbonyl (C=O) groups is 5. The van der Waals surface area contributed by atoms with Gasteiger partial charge in [0.25, 0.3) is 5.69 Å². The van der Waals surface area contributed by atoms with Crippen molar-refractivity contribution in [2.24, 2.45) is 0 Å². The van der Waals surface area contributed by atoms with E-state index in [0.29, 0.717) is 5.56 Å². The molecule has 208 valence electrons. The van der Waals surface area contributed by atoms with Gasteiger partial charge in [0.15, 0.2) is 23.8 Å². The number of thiazole rings is 1. The summed E-state index contributed by atoms with van der Waals surface area (Å²) in [7, 11) is 1.12. The monoisotopic (exact) mass is 584 g/mol. The molecule has 1 aromatic heterocycles. The molecule has 3 atom stereocenters. The summed E-state index contributed by atoms with van der Waals surface area (Å²) in [5, 5.41) is 19.4. The van der Waals surface area contributed by atoms with Gasteiger partial charge in [-0.05, 0) is 17.7 Å². The van der Waals surface area contributed by atoms with Crippen LogP contribution >= 0.6 is 22.9 Å². The Kier molecular flexibility index (Phi) is 10.2. The molecule has 0 aliphatic carbocycles. The number of rotatable bonds is 13. The number of nitrogens with zero attached hydrogens (tertiary/aromatic N) is 2. The molecule has 4 N–H and O–H groups in total. The van der Waals surface area contributed by atoms with E-state index in [9.17, 15) is 34.1 Å². The SMILES string of the molecule is COC(=O)[C@H]1NC(=O)[C@H]1NC(=O)C(NOCC(=O)OCc1ccc([N+](=O)[O-])cc1)c1csc(NC(=O)CCl)n1. The number of carbonyl (C=O) groups excluding carboxylic acids is 5. The Balaban J connectivity index is 1.61. The van der Waals surface area contributed by atoms with Gasteiger partial charge in [-0.25, -0.2) is 14.6 Å². The third-order valence-corrected chi connectivity index (χ3v) is 6.07. The molecule has 1 aromatic carbocycles. The minimum Gasteiger partial charge on any atom is -0.467 e. The fraction of sp³-hybridized carbons (Fsp3) is 0.333. The maximum absolute atomic E-state index is 13.0. The highest BCUT2D eigenvalue weighted by Crippen LogP contribution is 2.22. The van der Waals surface area contributed by atoms with Crippen LogP contribution in [0.4, 0.5) is 10.8 Å². The van der Waals surface area contributed by atoms with Crippen LogP contribution < -0.4 is 21.4 Å². The summed E-state index contributed by atoms with van der Waals surface area (Å²) in [6, 6.07) is 1.64. The molecule has 18 heteroatoms. The van der Waals surface area contributed by atoms with Crippen LogP contribution in [0, 0.1) is 10.1 Å². The van der Waals surface area contributed by atoms with Crippen molar-refractivity contribution in [3.8, 4) is 0 Å². The highest BCUT2D eigenvalue weighted by molar-refractivity contribution is 7.14. The third kappa shape index (κ3) is 7.90. The van der Waals surface area contributed by atoms with Crippen LogP contribution in [0.25, 0.3) is 0 Å². The number of benzene rings is 1. The molecule has 1 aliphatic rings. The van der Waals surface area contributed by atoms with E-state index in [1.54, 1.807) is 0 Å². The molecule has 0 saturated carbocycles. The lowest BCUT2D eigenvalue weighted by atomic mass is 9.98. The second kappa shape index (κ2) is 13.6. The number of amides is 3. The van der Waals surface area contributed by atoms with Gasteiger partial charge in [-0.2, -0.15) is 5.48 Å². The van der Waals surface area contributed by atoms with Gasteiger partial charge in [0.2, 0.25) is 17.7 Å². The summed E-state index contributed by atoms with van der Waals surface area (Å²) in [5.74, 6) is -3.93. The van der Waals surface area contributed by atoms with E-state index in [4.69, 9.17) is 21.2 Å². The van der Waals surface area contributed by atoms with Crippen LogP contribution in [-0.4, -0.2) is 71.2 Å². The summed E-state index contributed by atoms with van der Waals surface area (Å²) < 4.78 is 9.63. The van der Waals surface area contributed by atoms with E-state index in [1.807, 2.05) is 0 Å². The van der Waals surface area contributed by atoms with Crippen LogP contribution in [0.3, 0.4) is 0 Å². The Labute approximate surface area is 228 Å². The maximum atomic E-state index is 13.0. The van der Waals surface area contributed by atoms with Gasteiger partial charge in [-0.15, -0.1) is 22.9 Å². The van der Waals surface area contributed by atoms with E-state index in [-0.39, 0.29) is 29.0 Å². The van der Waals surface area contributed by atoms with Gasteiger partial charge in [-0.3, -0.25) is 29.3 Å². The zero-order valence-electron chi connectivity index (χ0n) is 20.0. The predicted octanol–water partition coefficient (Wildman–Crippen LogP) is -0.309. The van der Waals surface area contributed by atoms with Crippen molar-refractivity contribution in [1.82, 2.24) is 21.1 Å². The van der Waals surface area contributed by atoms with Crippen LogP contribution in [0.5, 0.6) is 0 Å². The van der Waals surface area contributed by atoms with Crippen molar-refractivity contribution < 1.29 is 43.2 Å². The molecular formula is C21H21ClN6O10S. The first-order valence-corrected chi connectivity index (χ1v) is 12.3. The molecule has 2 aromatic rings. The summed E-state index contributed by atoms with van der Waals surface area (Å²) in [6.45, 7) is -0.850. The number of hydrogen-bond acceptors (Lipinski definition) is 13. The zero-order valence-corrected chi connectivity index (χ0v) is 21.6. The number of ether oxygens (including phenoxy) is 2. The third-order valence-electron chi connectivity index (χ3n) is 5.05. The van der Waals surface area contributed by atoms with E-state index in [0.717, 1.165) is 18.4 Å². The minimum absolute atomic E-state index is 0.0518. The van der Waals surface area contributed by atoms with Gasteiger partial charge in [0.1, 0.15) is 18.5 Å². The summed E-state index contributed by atoms with van der Waals surface area (Å²) >= 11 is 6.44. The quantitative estimate of drug-likeness (QED) is 0.0783. The summed E-state index contributed by atoms with van der Waals surface area (Å²) in [6.07, 6.45) is 0. The first-order chi connectivity index (χ1) is 18.6. The summed E-state index contributed by atoms with van der Waals surface area (Å²) in [5.41, 5.74) is 2.79. The summed E-state index contributed by atoms with van der Waals surface area (Å²) in [4.78, 5) is 79.7. The molecule has 3 rings (SSSR count). The highest BCUT2D eigenvalue weighted by atomic mass is 35.5. The molecule has 3 amide bonds. The second-order valence-electron chi connectivity index (χ2n) is 7.68. The first kappa shape index (κ1) is 29.4. The maximum Gasteiger partial charge on any atom is 0.334 e. The Morgan fingerprint density at radius 2 is 1.97 bits per heavy atom. The van der Waals surface area contributed by atoms with Crippen molar-refractivity contribution in [3.05, 3.63) is 51.0 Å². The molecule has 1 unspecified atom stereocenters. The van der Waals surface area contributed by atoms with Crippen LogP contribution in [0.2, 0.25) is 0 Å². The molecule has 1 aliphatic heterocycles. The van der Waals surface area contributed by atoms with E-state index in [1.165, 1.54) is 29.6 Å². The second-order valence-corrected chi connectivity index (χ2v) is 8.80. The van der Waals surface area contributed by atoms with Crippen LogP contribution in [0.15, 0.2) is 29.6 Å². The van der Waals surface area contributed by atoms with E-state index in [2.05, 4.69) is 31.2 Å². The Hall–Kier alpha value is -4.19. The fourth-order valence-electron chi connectivity index (χ4n) is 3.07. The molecule has 2 heterocycles. The average Bonchev–Trinajstić information content (AvgIpc) is 3.38. The van der Waals surface area contributed by atoms with Crippen molar-refractivity contribution in [2.75, 3.05) is 24.9 Å². The number of hydrogen-bond donors (Lipinski definition) is 4. The van der Waals surface area contributed by atoms with Crippen LogP contribution in [0.1, 0.15) is 17.3 Å². The lowest BCUT2D eigenvalue weighted by Crippen LogP contribution is -2.72. The molecule has 39 heavy (non-hydrogen) atoms. The number of anilines is 1. The number of nitro groups is 1. The molecule has 0 bridgehead atoms. The standard InChI is InChI=1S/C21H21ClN6O10S/c1-36-20(33)17-16(19(32)26-17)25-18(31)15(12-9-39-21(23-12)24-13(29)6-22)27-38-8-14(30)37-7-10-2-4-11(5-3-10)28(34)35/h2-5,9,15-17,27H,6-8H2,1H3,(H,25,31)(H,26,32)(H,23,24,29)/t15?,16-,17-/m0/s1. The van der Waals surface area contributed by atoms with Crippen molar-refractivity contribution in [1.29, 1.82) is 0 Å². The largest absolute Gasteiger partial charge is 0.467 e. The molecule has 1 fully saturated rings. The molecule has 0 spiro atoms. The smallest absolute Gasteiger partial charge is 0.334 e. The van der Waals surface area contributed by atoms with Crippen LogP contribution in [-0.2, 0) is 44.9 Å². The lowest BCUT2D eigenvalue weighted by Gasteiger charge is -2.35. The number of esters is 2. The first-order valence-electron chi connectivity index (χ1n) is 10.9. The number of methoxy groups -OCH3 is 1. The minimum atomic E-state index is -1.39. The van der Waals surface area contributed by atoms with Gasteiger partial charge < -0.3 is 25.4 Å². The number of β-lactam (4-membered cyclic amide) rings is 1. The number of halogens is 1. The normalized spacial score (nSPS) is 16.7. The van der Waals surface area contributed by atoms with E-state index >= 15 is 0 Å². The Bertz CT molecular complexity index is 1260. The topological polar surface area (TPSA) is 217 Å². The molecule has 1 saturated heterocycles. The van der Waals surface area contributed by atoms with Crippen molar-refractivity contribution in [2.45, 2.75) is 24.7 Å². The van der Waals surface area contributed by atoms with Gasteiger partial charge in [0, 0.05) is 17.5 Å². The molecule has 16 nitrogen and oxygen atoms in total. The lowest BCUT2D eigenvalue weighted by molar-refractivity contribution is -0.384. The van der Waals surface area contributed by atoms with Gasteiger partial charge in [0.05, 0.1) is 17.7 Å². The Morgan fingerprint density at radius 3 is 2.59 bits per heavy atom. The Morgan fingerprint density at radius 1 is 1.26 bits per heavy atom. The number of hydroxylamine groups is 1. The average molecular weight is 585 g/mol. The fourth-order valence-corrected chi connectivity index (χ4v) is 3.89. The molecule has 0 radical (unpaired) electrons. The predicted molar refractivity (Wildman–Crippen MR) is 132 cm³/mol. The van der Waals surface area contributed by atoms with Gasteiger partial charge >= 0.3 is 11.9 Å². The number of nitro benzene ring substituents is 1. The van der Waals surface area contributed by atoms with E-state index < -0.39 is 59.3 Å². The van der Waals surface area contributed by atoms with Crippen molar-refractivity contribution >= 4 is 63.4 Å². The number of non-ortho nitro benzene ring substituents is 1. The van der Waals surface area contributed by atoms with Crippen molar-refractivity contribution in [3.63, 3.8) is 0 Å².